The molecule has 1 amide bonds. The van der Waals surface area contributed by atoms with Gasteiger partial charge < -0.3 is 20.2 Å². The lowest BCUT2D eigenvalue weighted by molar-refractivity contribution is 0.0921. The van der Waals surface area contributed by atoms with Gasteiger partial charge in [0.25, 0.3) is 5.91 Å². The standard InChI is InChI=1S/C18H24N2O3/c1-12-4-6-16(13(2)10-12)22-11-15-5-7-17(23-15)18(21)20-9-8-14(3)19/h4-7,10,14H,8-9,11,19H2,1-3H3,(H,20,21). The fraction of sp³-hybridized carbons (Fsp3) is 0.389. The maximum absolute atomic E-state index is 11.9. The van der Waals surface area contributed by atoms with Crippen LogP contribution >= 0.6 is 0 Å². The summed E-state index contributed by atoms with van der Waals surface area (Å²) in [7, 11) is 0. The molecule has 1 aromatic carbocycles. The fourth-order valence-corrected chi connectivity index (χ4v) is 2.19. The number of hydrogen-bond acceptors (Lipinski definition) is 4. The van der Waals surface area contributed by atoms with Crippen molar-refractivity contribution in [2.24, 2.45) is 5.73 Å². The van der Waals surface area contributed by atoms with Crippen molar-refractivity contribution in [3.05, 3.63) is 53.0 Å². The van der Waals surface area contributed by atoms with Crippen LogP contribution < -0.4 is 15.8 Å². The van der Waals surface area contributed by atoms with E-state index in [2.05, 4.69) is 11.4 Å². The molecule has 0 radical (unpaired) electrons. The van der Waals surface area contributed by atoms with Gasteiger partial charge >= 0.3 is 0 Å². The minimum atomic E-state index is -0.233. The van der Waals surface area contributed by atoms with Gasteiger partial charge in [-0.3, -0.25) is 4.79 Å². The second-order valence-corrected chi connectivity index (χ2v) is 5.85. The van der Waals surface area contributed by atoms with Gasteiger partial charge in [0, 0.05) is 12.6 Å². The highest BCUT2D eigenvalue weighted by atomic mass is 16.5. The molecule has 1 heterocycles. The highest BCUT2D eigenvalue weighted by Crippen LogP contribution is 2.20. The molecule has 1 atom stereocenters. The van der Waals surface area contributed by atoms with Crippen LogP contribution in [-0.4, -0.2) is 18.5 Å². The summed E-state index contributed by atoms with van der Waals surface area (Å²) in [6.07, 6.45) is 0.731. The average Bonchev–Trinajstić information content (AvgIpc) is 2.95. The van der Waals surface area contributed by atoms with Gasteiger partial charge in [-0.1, -0.05) is 17.7 Å². The molecule has 0 saturated heterocycles. The molecule has 0 bridgehead atoms. The number of nitrogens with one attached hydrogen (secondary N) is 1. The van der Waals surface area contributed by atoms with Crippen LogP contribution in [0.3, 0.4) is 0 Å². The van der Waals surface area contributed by atoms with E-state index in [9.17, 15) is 4.79 Å². The average molecular weight is 316 g/mol. The maximum atomic E-state index is 11.9. The Morgan fingerprint density at radius 1 is 1.30 bits per heavy atom. The molecule has 0 spiro atoms. The van der Waals surface area contributed by atoms with Crippen LogP contribution in [0.2, 0.25) is 0 Å². The molecule has 124 valence electrons. The summed E-state index contributed by atoms with van der Waals surface area (Å²) in [5.74, 6) is 1.48. The zero-order valence-corrected chi connectivity index (χ0v) is 13.9. The SMILES string of the molecule is Cc1ccc(OCc2ccc(C(=O)NCCC(C)N)o2)c(C)c1. The van der Waals surface area contributed by atoms with Crippen molar-refractivity contribution >= 4 is 5.91 Å². The van der Waals surface area contributed by atoms with Crippen LogP contribution in [0.15, 0.2) is 34.7 Å². The van der Waals surface area contributed by atoms with Crippen LogP contribution in [0.25, 0.3) is 0 Å². The number of nitrogens with two attached hydrogens (primary N) is 1. The predicted molar refractivity (Wildman–Crippen MR) is 89.6 cm³/mol. The Morgan fingerprint density at radius 3 is 2.78 bits per heavy atom. The third-order valence-corrected chi connectivity index (χ3v) is 3.47. The lowest BCUT2D eigenvalue weighted by atomic mass is 10.1. The van der Waals surface area contributed by atoms with Crippen LogP contribution in [0.4, 0.5) is 0 Å². The highest BCUT2D eigenvalue weighted by molar-refractivity contribution is 5.91. The van der Waals surface area contributed by atoms with E-state index in [0.717, 1.165) is 17.7 Å². The molecule has 1 unspecified atom stereocenters. The van der Waals surface area contributed by atoms with E-state index in [1.807, 2.05) is 32.9 Å². The summed E-state index contributed by atoms with van der Waals surface area (Å²) < 4.78 is 11.3. The zero-order valence-electron chi connectivity index (χ0n) is 13.9. The molecule has 0 aliphatic carbocycles. The number of carbonyl (C=O) groups is 1. The molecule has 1 aromatic heterocycles. The summed E-state index contributed by atoms with van der Waals surface area (Å²) in [4.78, 5) is 11.9. The van der Waals surface area contributed by atoms with Crippen LogP contribution in [0, 0.1) is 13.8 Å². The van der Waals surface area contributed by atoms with E-state index in [0.29, 0.717) is 12.3 Å². The first kappa shape index (κ1) is 17.1. The molecule has 3 N–H and O–H groups in total. The second-order valence-electron chi connectivity index (χ2n) is 5.85. The number of benzene rings is 1. The summed E-state index contributed by atoms with van der Waals surface area (Å²) in [6, 6.07) is 9.48. The normalized spacial score (nSPS) is 12.0. The van der Waals surface area contributed by atoms with Gasteiger partial charge in [-0.25, -0.2) is 0 Å². The molecule has 0 saturated carbocycles. The van der Waals surface area contributed by atoms with Gasteiger partial charge in [-0.15, -0.1) is 0 Å². The molecular weight excluding hydrogens is 292 g/mol. The minimum absolute atomic E-state index is 0.0635. The van der Waals surface area contributed by atoms with Crippen molar-refractivity contribution < 1.29 is 13.9 Å². The Morgan fingerprint density at radius 2 is 2.09 bits per heavy atom. The van der Waals surface area contributed by atoms with E-state index in [1.54, 1.807) is 12.1 Å². The summed E-state index contributed by atoms with van der Waals surface area (Å²) in [5, 5.41) is 2.78. The van der Waals surface area contributed by atoms with Crippen molar-refractivity contribution in [3.8, 4) is 5.75 Å². The third kappa shape index (κ3) is 5.14. The fourth-order valence-electron chi connectivity index (χ4n) is 2.19. The number of hydrogen-bond donors (Lipinski definition) is 2. The first-order valence-corrected chi connectivity index (χ1v) is 7.78. The number of aryl methyl sites for hydroxylation is 2. The number of amides is 1. The van der Waals surface area contributed by atoms with Gasteiger partial charge in [0.05, 0.1) is 0 Å². The van der Waals surface area contributed by atoms with Gasteiger partial charge in [0.15, 0.2) is 5.76 Å². The molecule has 0 aliphatic rings. The van der Waals surface area contributed by atoms with Crippen molar-refractivity contribution in [3.63, 3.8) is 0 Å². The van der Waals surface area contributed by atoms with Crippen LogP contribution in [-0.2, 0) is 6.61 Å². The lowest BCUT2D eigenvalue weighted by Crippen LogP contribution is -2.28. The zero-order chi connectivity index (χ0) is 16.8. The lowest BCUT2D eigenvalue weighted by Gasteiger charge is -2.08. The molecule has 2 aromatic rings. The Hall–Kier alpha value is -2.27. The van der Waals surface area contributed by atoms with Crippen molar-refractivity contribution in [2.45, 2.75) is 39.8 Å². The summed E-state index contributed by atoms with van der Waals surface area (Å²) in [5.41, 5.74) is 7.91. The largest absolute Gasteiger partial charge is 0.485 e. The monoisotopic (exact) mass is 316 g/mol. The van der Waals surface area contributed by atoms with Crippen molar-refractivity contribution in [1.82, 2.24) is 5.32 Å². The van der Waals surface area contributed by atoms with E-state index >= 15 is 0 Å². The van der Waals surface area contributed by atoms with Crippen molar-refractivity contribution in [1.29, 1.82) is 0 Å². The second kappa shape index (κ2) is 7.83. The molecule has 2 rings (SSSR count). The summed E-state index contributed by atoms with van der Waals surface area (Å²) >= 11 is 0. The molecule has 0 aliphatic heterocycles. The number of carbonyl (C=O) groups excluding carboxylic acids is 1. The molecular formula is C18H24N2O3. The minimum Gasteiger partial charge on any atom is -0.485 e. The number of rotatable bonds is 7. The van der Waals surface area contributed by atoms with E-state index in [1.165, 1.54) is 5.56 Å². The van der Waals surface area contributed by atoms with Crippen LogP contribution in [0.5, 0.6) is 5.75 Å². The van der Waals surface area contributed by atoms with Gasteiger partial charge in [-0.2, -0.15) is 0 Å². The van der Waals surface area contributed by atoms with E-state index < -0.39 is 0 Å². The van der Waals surface area contributed by atoms with Gasteiger partial charge in [-0.05, 0) is 51.0 Å². The van der Waals surface area contributed by atoms with E-state index in [-0.39, 0.29) is 24.3 Å². The van der Waals surface area contributed by atoms with Gasteiger partial charge in [0.2, 0.25) is 0 Å². The van der Waals surface area contributed by atoms with Crippen molar-refractivity contribution in [2.75, 3.05) is 6.54 Å². The van der Waals surface area contributed by atoms with Crippen LogP contribution in [0.1, 0.15) is 40.8 Å². The number of ether oxygens (including phenoxy) is 1. The summed E-state index contributed by atoms with van der Waals surface area (Å²) in [6.45, 7) is 6.77. The Bertz CT molecular complexity index is 662. The maximum Gasteiger partial charge on any atom is 0.286 e. The predicted octanol–water partition coefficient (Wildman–Crippen LogP) is 2.94. The Kier molecular flexibility index (Phi) is 5.82. The highest BCUT2D eigenvalue weighted by Gasteiger charge is 2.11. The Labute approximate surface area is 136 Å². The molecule has 0 fully saturated rings. The smallest absolute Gasteiger partial charge is 0.286 e. The number of furan rings is 1. The molecule has 5 heteroatoms. The topological polar surface area (TPSA) is 77.5 Å². The van der Waals surface area contributed by atoms with Gasteiger partial charge in [0.1, 0.15) is 18.1 Å². The first-order chi connectivity index (χ1) is 11.0. The Balaban J connectivity index is 1.88. The molecule has 5 nitrogen and oxygen atoms in total. The molecule has 23 heavy (non-hydrogen) atoms. The third-order valence-electron chi connectivity index (χ3n) is 3.47. The quantitative estimate of drug-likeness (QED) is 0.823. The first-order valence-electron chi connectivity index (χ1n) is 7.78. The van der Waals surface area contributed by atoms with E-state index in [4.69, 9.17) is 14.9 Å².